The number of H-pyrrole nitrogens is 1. The Morgan fingerprint density at radius 2 is 1.90 bits per heavy atom. The number of hydrogen-bond donors (Lipinski definition) is 2. The normalized spacial score (nSPS) is 18.6. The van der Waals surface area contributed by atoms with Gasteiger partial charge in [-0.25, -0.2) is 0 Å². The maximum absolute atomic E-state index is 13.6. The maximum atomic E-state index is 13.6. The Hall–Kier alpha value is -3.55. The van der Waals surface area contributed by atoms with Crippen molar-refractivity contribution in [1.82, 2.24) is 25.4 Å². The monoisotopic (exact) mass is 393 g/mol. The van der Waals surface area contributed by atoms with Crippen LogP contribution >= 0.6 is 0 Å². The van der Waals surface area contributed by atoms with Crippen LogP contribution in [0.5, 0.6) is 0 Å². The fraction of sp³-hybridized carbons (Fsp3) is 0.238. The second kappa shape index (κ2) is 7.83. The predicted octanol–water partition coefficient (Wildman–Crippen LogP) is 2.50. The van der Waals surface area contributed by atoms with E-state index in [1.807, 2.05) is 37.3 Å². The summed E-state index contributed by atoms with van der Waals surface area (Å²) in [6.45, 7) is 2.70. The van der Waals surface area contributed by atoms with Gasteiger partial charge < -0.3 is 10.2 Å². The first-order chi connectivity index (χ1) is 14.0. The molecule has 3 heterocycles. The smallest absolute Gasteiger partial charge is 0.260 e. The van der Waals surface area contributed by atoms with Crippen molar-refractivity contribution in [2.75, 3.05) is 13.1 Å². The van der Waals surface area contributed by atoms with Crippen LogP contribution in [0.1, 0.15) is 27.6 Å². The number of rotatable bonds is 4. The molecule has 0 spiro atoms. The second-order valence-corrected chi connectivity index (χ2v) is 7.15. The van der Waals surface area contributed by atoms with Crippen molar-refractivity contribution in [2.45, 2.75) is 13.0 Å². The highest BCUT2D eigenvalue weighted by Crippen LogP contribution is 2.24. The van der Waals surface area contributed by atoms with Gasteiger partial charge >= 0.3 is 0 Å². The van der Waals surface area contributed by atoms with Crippen LogP contribution in [0, 0.1) is 11.9 Å². The van der Waals surface area contributed by atoms with Gasteiger partial charge in [-0.05, 0) is 35.2 Å². The molecule has 0 radical (unpaired) electrons. The Bertz CT molecular complexity index is 1040. The van der Waals surface area contributed by atoms with E-state index >= 15 is 0 Å². The number of amides is 2. The zero-order valence-corrected chi connectivity index (χ0v) is 15.8. The number of benzene rings is 1. The Balaban J connectivity index is 1.50. The number of aromatic nitrogens is 3. The highest BCUT2D eigenvalue weighted by molar-refractivity contribution is 6.01. The fourth-order valence-corrected chi connectivity index (χ4v) is 3.62. The van der Waals surface area contributed by atoms with Gasteiger partial charge in [-0.2, -0.15) is 9.49 Å². The minimum atomic E-state index is -0.749. The van der Waals surface area contributed by atoms with Crippen LogP contribution in [0.4, 0.5) is 4.39 Å². The van der Waals surface area contributed by atoms with Crippen LogP contribution in [-0.4, -0.2) is 51.0 Å². The minimum Gasteiger partial charge on any atom is -0.347 e. The van der Waals surface area contributed by atoms with Crippen LogP contribution in [0.2, 0.25) is 0 Å². The number of aromatic amines is 1. The minimum absolute atomic E-state index is 0.0333. The van der Waals surface area contributed by atoms with E-state index in [4.69, 9.17) is 0 Å². The van der Waals surface area contributed by atoms with Crippen LogP contribution in [0.25, 0.3) is 11.1 Å². The zero-order valence-electron chi connectivity index (χ0n) is 15.8. The first kappa shape index (κ1) is 18.8. The third-order valence-corrected chi connectivity index (χ3v) is 5.20. The summed E-state index contributed by atoms with van der Waals surface area (Å²) in [7, 11) is 0. The number of nitrogens with one attached hydrogen (secondary N) is 2. The number of nitrogens with zero attached hydrogens (tertiary/aromatic N) is 3. The van der Waals surface area contributed by atoms with E-state index in [-0.39, 0.29) is 23.4 Å². The summed E-state index contributed by atoms with van der Waals surface area (Å²) in [4.78, 5) is 31.1. The van der Waals surface area contributed by atoms with Crippen LogP contribution in [0.3, 0.4) is 0 Å². The average molecular weight is 393 g/mol. The molecule has 3 aromatic rings. The third-order valence-electron chi connectivity index (χ3n) is 5.20. The topological polar surface area (TPSA) is 91.0 Å². The Labute approximate surface area is 167 Å². The van der Waals surface area contributed by atoms with Crippen molar-refractivity contribution in [1.29, 1.82) is 0 Å². The van der Waals surface area contributed by atoms with Crippen LogP contribution < -0.4 is 5.32 Å². The molecule has 29 heavy (non-hydrogen) atoms. The highest BCUT2D eigenvalue weighted by Gasteiger charge is 2.35. The molecule has 2 aromatic heterocycles. The van der Waals surface area contributed by atoms with Gasteiger partial charge in [0.1, 0.15) is 5.56 Å². The molecule has 1 aromatic carbocycles. The van der Waals surface area contributed by atoms with E-state index < -0.39 is 11.9 Å². The van der Waals surface area contributed by atoms with Crippen molar-refractivity contribution in [2.24, 2.45) is 5.92 Å². The largest absolute Gasteiger partial charge is 0.347 e. The molecule has 0 unspecified atom stereocenters. The highest BCUT2D eigenvalue weighted by atomic mass is 19.1. The lowest BCUT2D eigenvalue weighted by Crippen LogP contribution is -2.40. The molecule has 1 fully saturated rings. The number of likely N-dealkylation sites (tertiary alicyclic amines) is 1. The lowest BCUT2D eigenvalue weighted by Gasteiger charge is -2.18. The van der Waals surface area contributed by atoms with Gasteiger partial charge in [-0.3, -0.25) is 19.7 Å². The third kappa shape index (κ3) is 3.73. The average Bonchev–Trinajstić information content (AvgIpc) is 3.33. The Morgan fingerprint density at radius 1 is 1.14 bits per heavy atom. The van der Waals surface area contributed by atoms with E-state index in [1.54, 1.807) is 18.5 Å². The summed E-state index contributed by atoms with van der Waals surface area (Å²) in [6, 6.07) is 10.8. The molecule has 0 saturated carbocycles. The standard InChI is InChI=1S/C21H20FN5O2/c1-13-11-27(21(29)17-10-24-26-19(17)22)12-18(13)25-20(28)16-5-3-2-4-15(16)14-6-8-23-9-7-14/h2-10,13,18H,11-12H2,1H3,(H,24,26)(H,25,28)/t13-,18-/m1/s1. The van der Waals surface area contributed by atoms with Crippen molar-refractivity contribution < 1.29 is 14.0 Å². The SMILES string of the molecule is C[C@@H]1CN(C(=O)c2cn[nH]c2F)C[C@H]1NC(=O)c1ccccc1-c1ccncc1. The van der Waals surface area contributed by atoms with Crippen molar-refractivity contribution >= 4 is 11.8 Å². The van der Waals surface area contributed by atoms with E-state index in [2.05, 4.69) is 20.5 Å². The lowest BCUT2D eigenvalue weighted by molar-refractivity contribution is 0.0776. The molecule has 1 aliphatic heterocycles. The molecule has 1 saturated heterocycles. The van der Waals surface area contributed by atoms with E-state index in [0.717, 1.165) is 11.1 Å². The first-order valence-corrected chi connectivity index (χ1v) is 9.33. The van der Waals surface area contributed by atoms with Crippen LogP contribution in [0.15, 0.2) is 55.0 Å². The lowest BCUT2D eigenvalue weighted by atomic mass is 9.99. The van der Waals surface area contributed by atoms with Crippen molar-refractivity contribution in [3.8, 4) is 11.1 Å². The molecule has 4 rings (SSSR count). The molecular weight excluding hydrogens is 373 g/mol. The molecule has 2 atom stereocenters. The van der Waals surface area contributed by atoms with Gasteiger partial charge in [0.25, 0.3) is 11.8 Å². The number of hydrogen-bond acceptors (Lipinski definition) is 4. The molecular formula is C21H20FN5O2. The number of halogens is 1. The summed E-state index contributed by atoms with van der Waals surface area (Å²) in [5.74, 6) is -1.36. The molecule has 2 amide bonds. The molecule has 8 heteroatoms. The van der Waals surface area contributed by atoms with E-state index in [0.29, 0.717) is 18.7 Å². The first-order valence-electron chi connectivity index (χ1n) is 9.33. The molecule has 0 aliphatic carbocycles. The molecule has 2 N–H and O–H groups in total. The van der Waals surface area contributed by atoms with Gasteiger partial charge in [0.05, 0.1) is 12.2 Å². The van der Waals surface area contributed by atoms with Gasteiger partial charge in [0, 0.05) is 31.0 Å². The zero-order chi connectivity index (χ0) is 20.4. The van der Waals surface area contributed by atoms with Gasteiger partial charge in [-0.1, -0.05) is 25.1 Å². The van der Waals surface area contributed by atoms with E-state index in [9.17, 15) is 14.0 Å². The van der Waals surface area contributed by atoms with Gasteiger partial charge in [-0.15, -0.1) is 0 Å². The summed E-state index contributed by atoms with van der Waals surface area (Å²) in [5.41, 5.74) is 2.17. The number of carbonyl (C=O) groups is 2. The molecule has 148 valence electrons. The number of carbonyl (C=O) groups excluding carboxylic acids is 2. The molecule has 0 bridgehead atoms. The summed E-state index contributed by atoms with van der Waals surface area (Å²) >= 11 is 0. The van der Waals surface area contributed by atoms with Gasteiger partial charge in [0.15, 0.2) is 0 Å². The summed E-state index contributed by atoms with van der Waals surface area (Å²) < 4.78 is 13.6. The maximum Gasteiger partial charge on any atom is 0.260 e. The van der Waals surface area contributed by atoms with Crippen molar-refractivity contribution in [3.63, 3.8) is 0 Å². The summed E-state index contributed by atoms with van der Waals surface area (Å²) in [6.07, 6.45) is 4.54. The molecule has 7 nitrogen and oxygen atoms in total. The summed E-state index contributed by atoms with van der Waals surface area (Å²) in [5, 5.41) is 8.72. The quantitative estimate of drug-likeness (QED) is 0.713. The van der Waals surface area contributed by atoms with E-state index in [1.165, 1.54) is 11.1 Å². The predicted molar refractivity (Wildman–Crippen MR) is 105 cm³/mol. The van der Waals surface area contributed by atoms with Crippen molar-refractivity contribution in [3.05, 3.63) is 72.1 Å². The number of pyridine rings is 1. The van der Waals surface area contributed by atoms with Gasteiger partial charge in [0.2, 0.25) is 5.95 Å². The fourth-order valence-electron chi connectivity index (χ4n) is 3.62. The second-order valence-electron chi connectivity index (χ2n) is 7.15. The Morgan fingerprint density at radius 3 is 2.62 bits per heavy atom. The van der Waals surface area contributed by atoms with Crippen LogP contribution in [-0.2, 0) is 0 Å². The Kier molecular flexibility index (Phi) is 5.07. The molecule has 1 aliphatic rings.